The van der Waals surface area contributed by atoms with Crippen molar-refractivity contribution in [3.63, 3.8) is 0 Å². The van der Waals surface area contributed by atoms with E-state index in [2.05, 4.69) is 4.98 Å². The van der Waals surface area contributed by atoms with Gasteiger partial charge in [-0.1, -0.05) is 6.07 Å². The van der Waals surface area contributed by atoms with Crippen LogP contribution in [0.1, 0.15) is 11.4 Å². The van der Waals surface area contributed by atoms with E-state index in [4.69, 9.17) is 17.4 Å². The van der Waals surface area contributed by atoms with Crippen molar-refractivity contribution in [1.29, 1.82) is 0 Å². The summed E-state index contributed by atoms with van der Waals surface area (Å²) in [5.74, 6) is 0.117. The van der Waals surface area contributed by atoms with E-state index in [-0.39, 0.29) is 29.2 Å². The standard InChI is InChI=1S/C12H12N4O5S.H3N/c1-7-13-11(16(19)20)12(22)14(7)6-8-3-4-10(21-2)9(5-8)15(17)18;/h3-5,22H,6H2,1-2H3;1H3. The van der Waals surface area contributed by atoms with Crippen LogP contribution < -0.4 is 10.9 Å². The van der Waals surface area contributed by atoms with E-state index in [0.717, 1.165) is 0 Å². The van der Waals surface area contributed by atoms with Gasteiger partial charge < -0.3 is 38.2 Å². The van der Waals surface area contributed by atoms with Crippen molar-refractivity contribution in [2.75, 3.05) is 7.11 Å². The smallest absolute Gasteiger partial charge is 0.362 e. The van der Waals surface area contributed by atoms with E-state index >= 15 is 0 Å². The number of rotatable bonds is 5. The van der Waals surface area contributed by atoms with Gasteiger partial charge in [-0.3, -0.25) is 10.1 Å². The Morgan fingerprint density at radius 3 is 2.43 bits per heavy atom. The molecule has 0 bridgehead atoms. The minimum atomic E-state index is -0.650. The molecule has 11 heteroatoms. The van der Waals surface area contributed by atoms with Crippen LogP contribution in [0.15, 0.2) is 23.2 Å². The summed E-state index contributed by atoms with van der Waals surface area (Å²) in [5, 5.41) is 21.8. The van der Waals surface area contributed by atoms with Crippen LogP contribution in [0.25, 0.3) is 0 Å². The molecule has 4 N–H and O–H groups in total. The Balaban J connectivity index is 0.00000264. The quantitative estimate of drug-likeness (QED) is 0.498. The molecule has 1 heterocycles. The van der Waals surface area contributed by atoms with Crippen LogP contribution >= 0.6 is 0 Å². The van der Waals surface area contributed by atoms with Gasteiger partial charge in [0.15, 0.2) is 5.75 Å². The zero-order valence-electron chi connectivity index (χ0n) is 12.7. The summed E-state index contributed by atoms with van der Waals surface area (Å²) in [5.41, 5.74) is 0.382. The van der Waals surface area contributed by atoms with Crippen LogP contribution in [0.3, 0.4) is 0 Å². The first kappa shape index (κ1) is 18.3. The van der Waals surface area contributed by atoms with Crippen molar-refractivity contribution in [3.8, 4) is 5.75 Å². The topological polar surface area (TPSA) is 150 Å². The Bertz CT molecular complexity index is 761. The molecule has 0 aliphatic carbocycles. The molecule has 124 valence electrons. The summed E-state index contributed by atoms with van der Waals surface area (Å²) < 4.78 is 6.38. The molecule has 0 aliphatic rings. The number of hydrogen-bond acceptors (Lipinski definition) is 7. The number of benzene rings is 1. The van der Waals surface area contributed by atoms with E-state index < -0.39 is 15.7 Å². The first-order valence-electron chi connectivity index (χ1n) is 6.05. The van der Waals surface area contributed by atoms with E-state index in [1.165, 1.54) is 23.8 Å². The third-order valence-corrected chi connectivity index (χ3v) is 3.45. The van der Waals surface area contributed by atoms with Gasteiger partial charge in [0.05, 0.1) is 12.0 Å². The molecular formula is C12H15N5O5S. The molecule has 1 aromatic carbocycles. The molecule has 0 fully saturated rings. The number of methoxy groups -OCH3 is 1. The minimum Gasteiger partial charge on any atom is -0.754 e. The molecule has 10 nitrogen and oxygen atoms in total. The monoisotopic (exact) mass is 341 g/mol. The maximum atomic E-state index is 11.0. The SMILES string of the molecule is COc1ccc(Cn2c(C)nc([N+](=O)[O-])c2[S-])cc1[N+](=O)[O-].[NH4+]. The highest BCUT2D eigenvalue weighted by molar-refractivity contribution is 7.58. The fourth-order valence-corrected chi connectivity index (χ4v) is 2.31. The molecule has 0 unspecified atom stereocenters. The van der Waals surface area contributed by atoms with Crippen molar-refractivity contribution in [2.45, 2.75) is 18.5 Å². The van der Waals surface area contributed by atoms with Crippen LogP contribution in [-0.2, 0) is 19.2 Å². The normalized spacial score (nSPS) is 10.0. The second kappa shape index (κ2) is 6.98. The summed E-state index contributed by atoms with van der Waals surface area (Å²) in [6.45, 7) is 1.73. The largest absolute Gasteiger partial charge is 0.754 e. The fraction of sp³-hybridized carbons (Fsp3) is 0.250. The Kier molecular flexibility index (Phi) is 5.54. The number of ether oxygens (including phenoxy) is 1. The Morgan fingerprint density at radius 1 is 1.30 bits per heavy atom. The van der Waals surface area contributed by atoms with Gasteiger partial charge in [-0.15, -0.1) is 0 Å². The summed E-state index contributed by atoms with van der Waals surface area (Å²) in [6.07, 6.45) is 0. The number of aromatic nitrogens is 2. The van der Waals surface area contributed by atoms with E-state index in [9.17, 15) is 20.2 Å². The summed E-state index contributed by atoms with van der Waals surface area (Å²) in [6, 6.07) is 4.45. The number of nitro groups is 2. The Labute approximate surface area is 136 Å². The van der Waals surface area contributed by atoms with Gasteiger partial charge in [0.1, 0.15) is 0 Å². The number of quaternary nitrogens is 1. The van der Waals surface area contributed by atoms with Crippen LogP contribution in [-0.4, -0.2) is 26.5 Å². The van der Waals surface area contributed by atoms with Crippen LogP contribution in [0.2, 0.25) is 0 Å². The maximum Gasteiger partial charge on any atom is 0.362 e. The van der Waals surface area contributed by atoms with Gasteiger partial charge in [-0.2, -0.15) is 0 Å². The average Bonchev–Trinajstić information content (AvgIpc) is 2.75. The van der Waals surface area contributed by atoms with Gasteiger partial charge in [0.25, 0.3) is 0 Å². The molecular weight excluding hydrogens is 326 g/mol. The van der Waals surface area contributed by atoms with Crippen molar-refractivity contribution in [1.82, 2.24) is 15.7 Å². The molecule has 2 aromatic rings. The fourth-order valence-electron chi connectivity index (χ4n) is 1.99. The molecule has 0 radical (unpaired) electrons. The summed E-state index contributed by atoms with van der Waals surface area (Å²) >= 11 is 5.02. The van der Waals surface area contributed by atoms with Crippen LogP contribution in [0.4, 0.5) is 11.5 Å². The number of nitrogens with zero attached hydrogens (tertiary/aromatic N) is 4. The lowest BCUT2D eigenvalue weighted by atomic mass is 10.2. The summed E-state index contributed by atoms with van der Waals surface area (Å²) in [7, 11) is 1.34. The number of imidazole rings is 1. The number of nitro benzene ring substituents is 1. The Morgan fingerprint density at radius 2 is 1.96 bits per heavy atom. The molecule has 0 atom stereocenters. The first-order valence-corrected chi connectivity index (χ1v) is 6.45. The summed E-state index contributed by atoms with van der Waals surface area (Å²) in [4.78, 5) is 24.4. The third-order valence-electron chi connectivity index (χ3n) is 3.05. The van der Waals surface area contributed by atoms with E-state index in [0.29, 0.717) is 11.4 Å². The molecule has 2 rings (SSSR count). The lowest BCUT2D eigenvalue weighted by Crippen LogP contribution is -2.05. The van der Waals surface area contributed by atoms with Crippen molar-refractivity contribution in [3.05, 3.63) is 49.8 Å². The van der Waals surface area contributed by atoms with Gasteiger partial charge in [0, 0.05) is 19.5 Å². The Hall–Kier alpha value is -2.79. The zero-order chi connectivity index (χ0) is 16.4. The maximum absolute atomic E-state index is 11.0. The van der Waals surface area contributed by atoms with Crippen molar-refractivity contribution in [2.24, 2.45) is 0 Å². The molecule has 0 aliphatic heterocycles. The molecule has 0 amide bonds. The van der Waals surface area contributed by atoms with Gasteiger partial charge in [-0.25, -0.2) is 0 Å². The second-order valence-electron chi connectivity index (χ2n) is 4.39. The molecule has 1 aromatic heterocycles. The predicted molar refractivity (Wildman–Crippen MR) is 84.0 cm³/mol. The minimum absolute atomic E-state index is 0. The third kappa shape index (κ3) is 3.52. The lowest BCUT2D eigenvalue weighted by Gasteiger charge is -2.12. The highest BCUT2D eigenvalue weighted by atomic mass is 32.1. The van der Waals surface area contributed by atoms with Crippen molar-refractivity contribution < 1.29 is 14.6 Å². The zero-order valence-corrected chi connectivity index (χ0v) is 13.5. The van der Waals surface area contributed by atoms with Gasteiger partial charge in [0.2, 0.25) is 5.82 Å². The first-order chi connectivity index (χ1) is 10.3. The predicted octanol–water partition coefficient (Wildman–Crippen LogP) is 2.35. The molecule has 0 saturated heterocycles. The van der Waals surface area contributed by atoms with Gasteiger partial charge in [-0.05, 0) is 26.6 Å². The van der Waals surface area contributed by atoms with Gasteiger partial charge >= 0.3 is 11.5 Å². The van der Waals surface area contributed by atoms with Crippen LogP contribution in [0.5, 0.6) is 5.75 Å². The van der Waals surface area contributed by atoms with Crippen LogP contribution in [0, 0.1) is 27.2 Å². The molecule has 23 heavy (non-hydrogen) atoms. The lowest BCUT2D eigenvalue weighted by molar-refractivity contribution is -0.392. The second-order valence-corrected chi connectivity index (χ2v) is 4.78. The van der Waals surface area contributed by atoms with Crippen molar-refractivity contribution >= 4 is 24.1 Å². The van der Waals surface area contributed by atoms with E-state index in [1.807, 2.05) is 0 Å². The number of hydrogen-bond donors (Lipinski definition) is 1. The molecule has 0 saturated carbocycles. The van der Waals surface area contributed by atoms with E-state index in [1.54, 1.807) is 13.0 Å². The highest BCUT2D eigenvalue weighted by Gasteiger charge is 2.19. The number of aryl methyl sites for hydroxylation is 1. The highest BCUT2D eigenvalue weighted by Crippen LogP contribution is 2.28. The average molecular weight is 341 g/mol. The molecule has 0 spiro atoms.